The molecule has 0 unspecified atom stereocenters. The number of aromatic amines is 1. The van der Waals surface area contributed by atoms with Crippen molar-refractivity contribution in [3.8, 4) is 11.1 Å². The fraction of sp³-hybridized carbons (Fsp3) is 0.250. The lowest BCUT2D eigenvalue weighted by Crippen LogP contribution is -2.11. The van der Waals surface area contributed by atoms with E-state index in [4.69, 9.17) is 11.6 Å². The van der Waals surface area contributed by atoms with Gasteiger partial charge in [-0.1, -0.05) is 30.7 Å². The summed E-state index contributed by atoms with van der Waals surface area (Å²) < 4.78 is 0. The molecule has 0 aliphatic rings. The number of hydrogen-bond donors (Lipinski definition) is 1. The maximum Gasteiger partial charge on any atom is 0.260 e. The summed E-state index contributed by atoms with van der Waals surface area (Å²) in [4.78, 5) is 21.8. The van der Waals surface area contributed by atoms with Gasteiger partial charge in [-0.15, -0.1) is 11.3 Å². The molecule has 0 atom stereocenters. The topological polar surface area (TPSA) is 45.8 Å². The Balaban J connectivity index is 2.26. The van der Waals surface area contributed by atoms with E-state index >= 15 is 0 Å². The maximum absolute atomic E-state index is 12.4. The van der Waals surface area contributed by atoms with Gasteiger partial charge in [0, 0.05) is 21.9 Å². The van der Waals surface area contributed by atoms with Gasteiger partial charge in [0.05, 0.1) is 5.39 Å². The lowest BCUT2D eigenvalue weighted by molar-refractivity contribution is 0.838. The molecule has 3 rings (SSSR count). The Morgan fingerprint density at radius 1 is 1.29 bits per heavy atom. The van der Waals surface area contributed by atoms with Crippen LogP contribution in [-0.2, 0) is 6.42 Å². The molecule has 0 saturated heterocycles. The van der Waals surface area contributed by atoms with Gasteiger partial charge < -0.3 is 4.98 Å². The highest BCUT2D eigenvalue weighted by atomic mass is 35.5. The molecule has 3 aromatic rings. The molecule has 0 spiro atoms. The van der Waals surface area contributed by atoms with Gasteiger partial charge >= 0.3 is 0 Å². The van der Waals surface area contributed by atoms with Gasteiger partial charge in [0.1, 0.15) is 10.7 Å². The highest BCUT2D eigenvalue weighted by Crippen LogP contribution is 2.35. The second-order valence-corrected chi connectivity index (χ2v) is 6.62. The van der Waals surface area contributed by atoms with Crippen molar-refractivity contribution >= 4 is 33.2 Å². The first-order valence-electron chi connectivity index (χ1n) is 6.88. The molecule has 3 nitrogen and oxygen atoms in total. The number of H-pyrrole nitrogens is 1. The van der Waals surface area contributed by atoms with Crippen molar-refractivity contribution in [2.45, 2.75) is 26.7 Å². The van der Waals surface area contributed by atoms with Crippen LogP contribution in [0.3, 0.4) is 0 Å². The number of halogens is 1. The van der Waals surface area contributed by atoms with Gasteiger partial charge in [-0.05, 0) is 31.0 Å². The Bertz CT molecular complexity index is 849. The highest BCUT2D eigenvalue weighted by molar-refractivity contribution is 7.19. The van der Waals surface area contributed by atoms with Gasteiger partial charge in [0.25, 0.3) is 5.56 Å². The van der Waals surface area contributed by atoms with Crippen LogP contribution in [0.15, 0.2) is 29.1 Å². The Kier molecular flexibility index (Phi) is 3.83. The summed E-state index contributed by atoms with van der Waals surface area (Å²) in [6.07, 6.45) is 1.75. The standard InChI is InChI=1S/C16H15ClN2OS/c1-3-4-12-18-15(20)14-13(9(2)21-16(14)19-12)10-5-7-11(17)8-6-10/h5-8H,3-4H2,1-2H3,(H,18,19,20). The van der Waals surface area contributed by atoms with Crippen molar-refractivity contribution in [1.82, 2.24) is 9.97 Å². The van der Waals surface area contributed by atoms with Crippen LogP contribution in [0.4, 0.5) is 0 Å². The van der Waals surface area contributed by atoms with E-state index in [2.05, 4.69) is 16.9 Å². The first-order valence-corrected chi connectivity index (χ1v) is 8.08. The zero-order chi connectivity index (χ0) is 15.0. The Hall–Kier alpha value is -1.65. The van der Waals surface area contributed by atoms with Crippen LogP contribution in [0.25, 0.3) is 21.3 Å². The molecule has 21 heavy (non-hydrogen) atoms. The Morgan fingerprint density at radius 3 is 2.67 bits per heavy atom. The number of fused-ring (bicyclic) bond motifs is 1. The maximum atomic E-state index is 12.4. The quantitative estimate of drug-likeness (QED) is 0.769. The first kappa shape index (κ1) is 14.3. The van der Waals surface area contributed by atoms with Crippen molar-refractivity contribution in [3.63, 3.8) is 0 Å². The van der Waals surface area contributed by atoms with E-state index in [0.717, 1.165) is 39.5 Å². The molecule has 108 valence electrons. The van der Waals surface area contributed by atoms with Crippen molar-refractivity contribution in [1.29, 1.82) is 0 Å². The summed E-state index contributed by atoms with van der Waals surface area (Å²) in [6, 6.07) is 7.56. The fourth-order valence-corrected chi connectivity index (χ4v) is 3.67. The molecule has 0 aliphatic heterocycles. The predicted octanol–water partition coefficient (Wildman–Crippen LogP) is 4.57. The van der Waals surface area contributed by atoms with Crippen LogP contribution in [0.1, 0.15) is 24.0 Å². The van der Waals surface area contributed by atoms with Crippen molar-refractivity contribution in [3.05, 3.63) is 50.3 Å². The molecular weight excluding hydrogens is 304 g/mol. The minimum atomic E-state index is -0.0576. The number of aromatic nitrogens is 2. The summed E-state index contributed by atoms with van der Waals surface area (Å²) in [7, 11) is 0. The van der Waals surface area contributed by atoms with Crippen LogP contribution < -0.4 is 5.56 Å². The van der Waals surface area contributed by atoms with E-state index in [9.17, 15) is 4.79 Å². The molecule has 2 heterocycles. The third-order valence-corrected chi connectivity index (χ3v) is 4.66. The minimum absolute atomic E-state index is 0.0576. The molecule has 0 radical (unpaired) electrons. The third kappa shape index (κ3) is 2.61. The molecular formula is C16H15ClN2OS. The number of benzene rings is 1. The fourth-order valence-electron chi connectivity index (χ4n) is 2.48. The third-order valence-electron chi connectivity index (χ3n) is 3.41. The van der Waals surface area contributed by atoms with Crippen molar-refractivity contribution in [2.75, 3.05) is 0 Å². The van der Waals surface area contributed by atoms with Gasteiger partial charge in [0.2, 0.25) is 0 Å². The molecule has 1 aromatic carbocycles. The van der Waals surface area contributed by atoms with Crippen LogP contribution >= 0.6 is 22.9 Å². The lowest BCUT2D eigenvalue weighted by atomic mass is 10.0. The highest BCUT2D eigenvalue weighted by Gasteiger charge is 2.16. The molecule has 1 N–H and O–H groups in total. The van der Waals surface area contributed by atoms with E-state index < -0.39 is 0 Å². The zero-order valence-electron chi connectivity index (χ0n) is 11.9. The number of nitrogens with one attached hydrogen (secondary N) is 1. The van der Waals surface area contributed by atoms with Crippen molar-refractivity contribution < 1.29 is 0 Å². The van der Waals surface area contributed by atoms with E-state index in [0.29, 0.717) is 10.4 Å². The zero-order valence-corrected chi connectivity index (χ0v) is 13.4. The number of aryl methyl sites for hydroxylation is 2. The van der Waals surface area contributed by atoms with Crippen LogP contribution in [0, 0.1) is 6.92 Å². The lowest BCUT2D eigenvalue weighted by Gasteiger charge is -2.02. The summed E-state index contributed by atoms with van der Waals surface area (Å²) >= 11 is 7.51. The molecule has 0 bridgehead atoms. The summed E-state index contributed by atoms with van der Waals surface area (Å²) in [5.41, 5.74) is 1.90. The monoisotopic (exact) mass is 318 g/mol. The number of rotatable bonds is 3. The van der Waals surface area contributed by atoms with E-state index in [-0.39, 0.29) is 5.56 Å². The van der Waals surface area contributed by atoms with E-state index in [1.54, 1.807) is 11.3 Å². The van der Waals surface area contributed by atoms with Crippen molar-refractivity contribution in [2.24, 2.45) is 0 Å². The number of hydrogen-bond acceptors (Lipinski definition) is 3. The number of nitrogens with zero attached hydrogens (tertiary/aromatic N) is 1. The molecule has 0 amide bonds. The van der Waals surface area contributed by atoms with Gasteiger partial charge in [0.15, 0.2) is 0 Å². The van der Waals surface area contributed by atoms with Crippen LogP contribution in [0.5, 0.6) is 0 Å². The van der Waals surface area contributed by atoms with Gasteiger partial charge in [-0.3, -0.25) is 4.79 Å². The molecule has 0 saturated carbocycles. The summed E-state index contributed by atoms with van der Waals surface area (Å²) in [6.45, 7) is 4.10. The predicted molar refractivity (Wildman–Crippen MR) is 89.4 cm³/mol. The minimum Gasteiger partial charge on any atom is -0.310 e. The second kappa shape index (κ2) is 5.62. The summed E-state index contributed by atoms with van der Waals surface area (Å²) in [5.74, 6) is 0.763. The van der Waals surface area contributed by atoms with E-state index in [1.165, 1.54) is 0 Å². The SMILES string of the molecule is CCCc1nc2sc(C)c(-c3ccc(Cl)cc3)c2c(=O)[nH]1. The van der Waals surface area contributed by atoms with Gasteiger partial charge in [-0.25, -0.2) is 4.98 Å². The average molecular weight is 319 g/mol. The smallest absolute Gasteiger partial charge is 0.260 e. The normalized spacial score (nSPS) is 11.2. The summed E-state index contributed by atoms with van der Waals surface area (Å²) in [5, 5.41) is 1.37. The Labute approximate surface area is 131 Å². The van der Waals surface area contributed by atoms with Gasteiger partial charge in [-0.2, -0.15) is 0 Å². The molecule has 0 fully saturated rings. The largest absolute Gasteiger partial charge is 0.310 e. The Morgan fingerprint density at radius 2 is 2.00 bits per heavy atom. The van der Waals surface area contributed by atoms with Crippen LogP contribution in [0.2, 0.25) is 5.02 Å². The molecule has 2 aromatic heterocycles. The molecule has 0 aliphatic carbocycles. The second-order valence-electron chi connectivity index (χ2n) is 4.98. The average Bonchev–Trinajstić information content (AvgIpc) is 2.77. The van der Waals surface area contributed by atoms with Crippen LogP contribution in [-0.4, -0.2) is 9.97 Å². The number of thiophene rings is 1. The van der Waals surface area contributed by atoms with E-state index in [1.807, 2.05) is 31.2 Å². The first-order chi connectivity index (χ1) is 10.1. The molecule has 5 heteroatoms.